The minimum absolute atomic E-state index is 0.0669. The maximum atomic E-state index is 14.5. The van der Waals surface area contributed by atoms with E-state index >= 15 is 0 Å². The van der Waals surface area contributed by atoms with Crippen molar-refractivity contribution in [2.75, 3.05) is 39.6 Å². The van der Waals surface area contributed by atoms with Crippen LogP contribution in [0.15, 0.2) is 96.2 Å². The van der Waals surface area contributed by atoms with Crippen molar-refractivity contribution in [3.8, 4) is 11.5 Å². The van der Waals surface area contributed by atoms with Gasteiger partial charge < -0.3 is 38.7 Å². The predicted molar refractivity (Wildman–Crippen MR) is 244 cm³/mol. The van der Waals surface area contributed by atoms with Gasteiger partial charge in [-0.05, 0) is 113 Å². The number of aliphatic hydroxyl groups excluding tert-OH is 2. The zero-order chi connectivity index (χ0) is 44.8. The first-order valence-electron chi connectivity index (χ1n) is 22.9. The summed E-state index contributed by atoms with van der Waals surface area (Å²) >= 11 is 0. The third kappa shape index (κ3) is 12.1. The minimum Gasteiger partial charge on any atom is -0.487 e. The van der Waals surface area contributed by atoms with Crippen molar-refractivity contribution in [3.05, 3.63) is 114 Å². The molecule has 0 radical (unpaired) electrons. The van der Waals surface area contributed by atoms with Gasteiger partial charge in [0, 0.05) is 43.4 Å². The molecule has 0 bridgehead atoms. The first kappa shape index (κ1) is 47.7. The second-order valence-electron chi connectivity index (χ2n) is 17.9. The lowest BCUT2D eigenvalue weighted by atomic mass is 9.55. The molecule has 6 atom stereocenters. The van der Waals surface area contributed by atoms with Crippen LogP contribution < -0.4 is 9.47 Å². The number of nitrogens with zero attached hydrogens (tertiary/aromatic N) is 3. The van der Waals surface area contributed by atoms with Gasteiger partial charge in [0.25, 0.3) is 0 Å². The number of unbranched alkanes of at least 4 members (excludes halogenated alkanes) is 2. The Morgan fingerprint density at radius 3 is 2.49 bits per heavy atom. The Morgan fingerprint density at radius 2 is 1.78 bits per heavy atom. The van der Waals surface area contributed by atoms with Crippen molar-refractivity contribution < 1.29 is 43.5 Å². The number of fused-ring (bicyclic) bond motifs is 2. The van der Waals surface area contributed by atoms with E-state index in [9.17, 15) is 15.0 Å². The third-order valence-corrected chi connectivity index (χ3v) is 12.0. The molecular formula is C51H69N3O9. The van der Waals surface area contributed by atoms with E-state index < -0.39 is 29.4 Å². The SMILES string of the molecule is C=CCOC12Oc3ccc(OCc4cccc(C)n4)cc3C3C(CCCCO)C(CCCCO)C=C(C(=NOC(C)(C)C)CC1N(CCC)C(=O)OCCOCc1ccccc1)C32. The molecule has 2 heterocycles. The van der Waals surface area contributed by atoms with Gasteiger partial charge in [-0.3, -0.25) is 9.88 Å². The molecule has 3 aliphatic rings. The minimum atomic E-state index is -1.39. The first-order valence-corrected chi connectivity index (χ1v) is 22.9. The van der Waals surface area contributed by atoms with E-state index in [0.717, 1.165) is 59.5 Å². The largest absolute Gasteiger partial charge is 0.487 e. The average molecular weight is 868 g/mol. The Kier molecular flexibility index (Phi) is 17.2. The van der Waals surface area contributed by atoms with Gasteiger partial charge in [0.15, 0.2) is 0 Å². The number of amides is 1. The van der Waals surface area contributed by atoms with Crippen LogP contribution in [0, 0.1) is 24.7 Å². The standard InChI is InChI=1S/C51H69N3O9/c1-7-25-54(49(57)59-30-29-58-34-37-18-10-9-11-19-37)46-33-44(53-63-50(4,5)6)42-31-38(20-12-14-26-55)41(22-13-15-27-56)47-43-32-40(60-35-39-21-16-17-36(3)52-39)23-24-45(43)62-51(46,48(42)47)61-28-8-2/h8-11,16-19,21,23-24,31-32,38,41,46-48,55-56H,2,7,12-15,20,22,25-30,33-35H2,1,3-6H3. The number of aliphatic hydroxyl groups is 2. The number of aromatic nitrogens is 1. The molecule has 63 heavy (non-hydrogen) atoms. The summed E-state index contributed by atoms with van der Waals surface area (Å²) in [5, 5.41) is 24.8. The summed E-state index contributed by atoms with van der Waals surface area (Å²) < 4.78 is 32.8. The zero-order valence-electron chi connectivity index (χ0n) is 38.0. The number of hydrogen-bond donors (Lipinski definition) is 2. The summed E-state index contributed by atoms with van der Waals surface area (Å²) in [6.45, 7) is 15.7. The highest BCUT2D eigenvalue weighted by Gasteiger charge is 2.65. The Hall–Kier alpha value is -4.75. The maximum Gasteiger partial charge on any atom is 0.410 e. The molecule has 0 spiro atoms. The van der Waals surface area contributed by atoms with Crippen LogP contribution in [0.2, 0.25) is 0 Å². The molecule has 1 saturated carbocycles. The van der Waals surface area contributed by atoms with Gasteiger partial charge in [0.1, 0.15) is 36.4 Å². The predicted octanol–water partition coefficient (Wildman–Crippen LogP) is 9.47. The fourth-order valence-electron chi connectivity index (χ4n) is 9.42. The van der Waals surface area contributed by atoms with E-state index in [1.165, 1.54) is 0 Å². The van der Waals surface area contributed by atoms with E-state index in [0.29, 0.717) is 50.5 Å². The molecule has 1 fully saturated rings. The van der Waals surface area contributed by atoms with E-state index in [-0.39, 0.29) is 57.2 Å². The van der Waals surface area contributed by atoms with Gasteiger partial charge in [-0.2, -0.15) is 0 Å². The lowest BCUT2D eigenvalue weighted by Crippen LogP contribution is -2.70. The molecule has 1 aromatic heterocycles. The molecule has 6 unspecified atom stereocenters. The number of oxime groups is 1. The molecule has 2 aromatic carbocycles. The van der Waals surface area contributed by atoms with E-state index in [1.54, 1.807) is 11.0 Å². The van der Waals surface area contributed by atoms with Gasteiger partial charge in [-0.25, -0.2) is 4.79 Å². The zero-order valence-corrected chi connectivity index (χ0v) is 38.0. The molecular weight excluding hydrogens is 799 g/mol. The number of pyridine rings is 1. The van der Waals surface area contributed by atoms with Crippen LogP contribution in [0.25, 0.3) is 0 Å². The van der Waals surface area contributed by atoms with Crippen LogP contribution in [0.4, 0.5) is 4.79 Å². The maximum absolute atomic E-state index is 14.5. The monoisotopic (exact) mass is 868 g/mol. The quantitative estimate of drug-likeness (QED) is 0.0538. The first-order chi connectivity index (χ1) is 30.5. The van der Waals surface area contributed by atoms with Crippen LogP contribution in [0.3, 0.4) is 0 Å². The molecule has 1 amide bonds. The third-order valence-electron chi connectivity index (χ3n) is 12.0. The Bertz CT molecular complexity index is 2000. The van der Waals surface area contributed by atoms with E-state index in [4.69, 9.17) is 33.7 Å². The molecule has 12 heteroatoms. The van der Waals surface area contributed by atoms with E-state index in [1.807, 2.05) is 95.3 Å². The normalized spacial score (nSPS) is 23.2. The van der Waals surface area contributed by atoms with Crippen molar-refractivity contribution in [1.82, 2.24) is 9.88 Å². The number of allylic oxidation sites excluding steroid dienone is 1. The lowest BCUT2D eigenvalue weighted by molar-refractivity contribution is -0.255. The van der Waals surface area contributed by atoms with E-state index in [2.05, 4.69) is 23.7 Å². The number of carbonyl (C=O) groups is 1. The Balaban J connectivity index is 1.47. The number of rotatable bonds is 23. The second kappa shape index (κ2) is 22.7. The number of ether oxygens (including phenoxy) is 5. The summed E-state index contributed by atoms with van der Waals surface area (Å²) in [6, 6.07) is 21.1. The van der Waals surface area contributed by atoms with Crippen LogP contribution in [0.1, 0.15) is 107 Å². The van der Waals surface area contributed by atoms with Crippen LogP contribution >= 0.6 is 0 Å². The van der Waals surface area contributed by atoms with Crippen molar-refractivity contribution in [1.29, 1.82) is 0 Å². The fraction of sp³-hybridized carbons (Fsp3) is 0.549. The van der Waals surface area contributed by atoms with Crippen molar-refractivity contribution >= 4 is 11.8 Å². The Morgan fingerprint density at radius 1 is 1.00 bits per heavy atom. The molecule has 1 aliphatic heterocycles. The van der Waals surface area contributed by atoms with Crippen LogP contribution in [-0.4, -0.2) is 88.9 Å². The van der Waals surface area contributed by atoms with Crippen molar-refractivity contribution in [2.24, 2.45) is 22.9 Å². The van der Waals surface area contributed by atoms with Gasteiger partial charge in [-0.1, -0.05) is 73.5 Å². The van der Waals surface area contributed by atoms with Crippen LogP contribution in [-0.2, 0) is 32.3 Å². The molecule has 2 aliphatic carbocycles. The van der Waals surface area contributed by atoms with Gasteiger partial charge >= 0.3 is 6.09 Å². The van der Waals surface area contributed by atoms with Crippen molar-refractivity contribution in [2.45, 2.75) is 123 Å². The summed E-state index contributed by atoms with van der Waals surface area (Å²) in [7, 11) is 0. The molecule has 2 N–H and O–H groups in total. The number of carbonyl (C=O) groups excluding carboxylic acids is 1. The Labute approximate surface area is 374 Å². The molecule has 6 rings (SSSR count). The lowest BCUT2D eigenvalue weighted by Gasteiger charge is -2.60. The molecule has 3 aromatic rings. The van der Waals surface area contributed by atoms with Gasteiger partial charge in [-0.15, -0.1) is 6.58 Å². The number of aryl methyl sites for hydroxylation is 1. The van der Waals surface area contributed by atoms with Crippen LogP contribution in [0.5, 0.6) is 11.5 Å². The molecule has 0 saturated heterocycles. The summed E-state index contributed by atoms with van der Waals surface area (Å²) in [6.07, 6.45) is 9.19. The molecule has 342 valence electrons. The van der Waals surface area contributed by atoms with Crippen molar-refractivity contribution in [3.63, 3.8) is 0 Å². The number of hydrogen-bond acceptors (Lipinski definition) is 11. The highest BCUT2D eigenvalue weighted by molar-refractivity contribution is 6.03. The second-order valence-corrected chi connectivity index (χ2v) is 17.9. The van der Waals surface area contributed by atoms with Gasteiger partial charge in [0.05, 0.1) is 37.1 Å². The fourth-order valence-corrected chi connectivity index (χ4v) is 9.42. The number of benzene rings is 2. The topological polar surface area (TPSA) is 141 Å². The van der Waals surface area contributed by atoms with Gasteiger partial charge in [0.2, 0.25) is 5.79 Å². The summed E-state index contributed by atoms with van der Waals surface area (Å²) in [5.41, 5.74) is 4.88. The molecule has 12 nitrogen and oxygen atoms in total. The highest BCUT2D eigenvalue weighted by atomic mass is 16.7. The highest BCUT2D eigenvalue weighted by Crippen LogP contribution is 2.62. The summed E-state index contributed by atoms with van der Waals surface area (Å²) in [4.78, 5) is 27.2. The summed E-state index contributed by atoms with van der Waals surface area (Å²) in [5.74, 6) is -0.525. The smallest absolute Gasteiger partial charge is 0.410 e. The average Bonchev–Trinajstić information content (AvgIpc) is 3.27.